The highest BCUT2D eigenvalue weighted by Crippen LogP contribution is 2.09. The van der Waals surface area contributed by atoms with Gasteiger partial charge >= 0.3 is 0 Å². The summed E-state index contributed by atoms with van der Waals surface area (Å²) in [7, 11) is 0. The SMILES string of the molecule is Cc1ccc(NC(=O)Cc2nc(C)no2)cc1. The van der Waals surface area contributed by atoms with Crippen LogP contribution >= 0.6 is 0 Å². The van der Waals surface area contributed by atoms with Crippen LogP contribution in [-0.2, 0) is 11.2 Å². The van der Waals surface area contributed by atoms with Crippen molar-refractivity contribution in [3.63, 3.8) is 0 Å². The highest BCUT2D eigenvalue weighted by atomic mass is 16.5. The molecule has 17 heavy (non-hydrogen) atoms. The number of carbonyl (C=O) groups excluding carboxylic acids is 1. The molecule has 0 aliphatic carbocycles. The fourth-order valence-electron chi connectivity index (χ4n) is 1.39. The second kappa shape index (κ2) is 4.78. The molecule has 1 aromatic carbocycles. The lowest BCUT2D eigenvalue weighted by atomic mass is 10.2. The number of hydrogen-bond acceptors (Lipinski definition) is 4. The van der Waals surface area contributed by atoms with Gasteiger partial charge in [0, 0.05) is 5.69 Å². The van der Waals surface area contributed by atoms with Crippen LogP contribution in [0, 0.1) is 13.8 Å². The summed E-state index contributed by atoms with van der Waals surface area (Å²) in [5.41, 5.74) is 1.91. The predicted octanol–water partition coefficient (Wildman–Crippen LogP) is 1.87. The predicted molar refractivity (Wildman–Crippen MR) is 62.5 cm³/mol. The molecule has 0 spiro atoms. The monoisotopic (exact) mass is 231 g/mol. The van der Waals surface area contributed by atoms with E-state index in [1.54, 1.807) is 6.92 Å². The molecule has 0 bridgehead atoms. The van der Waals surface area contributed by atoms with Crippen molar-refractivity contribution in [3.05, 3.63) is 41.5 Å². The van der Waals surface area contributed by atoms with Crippen molar-refractivity contribution in [2.75, 3.05) is 5.32 Å². The molecule has 5 heteroatoms. The number of hydrogen-bond donors (Lipinski definition) is 1. The number of aryl methyl sites for hydroxylation is 2. The summed E-state index contributed by atoms with van der Waals surface area (Å²) in [6, 6.07) is 7.58. The van der Waals surface area contributed by atoms with Crippen LogP contribution in [0.2, 0.25) is 0 Å². The molecule has 0 saturated carbocycles. The van der Waals surface area contributed by atoms with Gasteiger partial charge in [-0.25, -0.2) is 0 Å². The van der Waals surface area contributed by atoms with Crippen LogP contribution in [-0.4, -0.2) is 16.0 Å². The molecule has 0 unspecified atom stereocenters. The number of amides is 1. The lowest BCUT2D eigenvalue weighted by molar-refractivity contribution is -0.115. The largest absolute Gasteiger partial charge is 0.339 e. The molecule has 0 aliphatic heterocycles. The maximum absolute atomic E-state index is 11.6. The van der Waals surface area contributed by atoms with Gasteiger partial charge in [-0.15, -0.1) is 0 Å². The fourth-order valence-corrected chi connectivity index (χ4v) is 1.39. The van der Waals surface area contributed by atoms with E-state index in [9.17, 15) is 4.79 Å². The van der Waals surface area contributed by atoms with E-state index in [1.165, 1.54) is 0 Å². The van der Waals surface area contributed by atoms with Gasteiger partial charge in [0.1, 0.15) is 6.42 Å². The maximum atomic E-state index is 11.6. The number of benzene rings is 1. The smallest absolute Gasteiger partial charge is 0.236 e. The van der Waals surface area contributed by atoms with Crippen LogP contribution in [0.15, 0.2) is 28.8 Å². The minimum Gasteiger partial charge on any atom is -0.339 e. The molecule has 0 fully saturated rings. The second-order valence-electron chi connectivity index (χ2n) is 3.83. The van der Waals surface area contributed by atoms with Crippen molar-refractivity contribution in [2.24, 2.45) is 0 Å². The van der Waals surface area contributed by atoms with E-state index in [0.29, 0.717) is 11.7 Å². The molecular formula is C12H13N3O2. The molecular weight excluding hydrogens is 218 g/mol. The number of carbonyl (C=O) groups is 1. The van der Waals surface area contributed by atoms with E-state index < -0.39 is 0 Å². The highest BCUT2D eigenvalue weighted by molar-refractivity contribution is 5.91. The lowest BCUT2D eigenvalue weighted by Crippen LogP contribution is -2.14. The first-order valence-electron chi connectivity index (χ1n) is 5.29. The van der Waals surface area contributed by atoms with E-state index in [-0.39, 0.29) is 12.3 Å². The highest BCUT2D eigenvalue weighted by Gasteiger charge is 2.09. The summed E-state index contributed by atoms with van der Waals surface area (Å²) in [5, 5.41) is 6.38. The Morgan fingerprint density at radius 1 is 1.29 bits per heavy atom. The average molecular weight is 231 g/mol. The zero-order chi connectivity index (χ0) is 12.3. The molecule has 1 N–H and O–H groups in total. The Balaban J connectivity index is 1.95. The van der Waals surface area contributed by atoms with Crippen LogP contribution in [0.25, 0.3) is 0 Å². The first-order chi connectivity index (χ1) is 8.13. The summed E-state index contributed by atoms with van der Waals surface area (Å²) >= 11 is 0. The minimum absolute atomic E-state index is 0.0920. The number of anilines is 1. The van der Waals surface area contributed by atoms with Gasteiger partial charge in [0.15, 0.2) is 5.82 Å². The lowest BCUT2D eigenvalue weighted by Gasteiger charge is -2.03. The van der Waals surface area contributed by atoms with Gasteiger partial charge in [0.2, 0.25) is 11.8 Å². The Morgan fingerprint density at radius 3 is 2.59 bits per heavy atom. The Hall–Kier alpha value is -2.17. The van der Waals surface area contributed by atoms with Crippen LogP contribution in [0.4, 0.5) is 5.69 Å². The normalized spacial score (nSPS) is 10.2. The van der Waals surface area contributed by atoms with Crippen molar-refractivity contribution in [1.29, 1.82) is 0 Å². The number of aromatic nitrogens is 2. The Kier molecular flexibility index (Phi) is 3.18. The van der Waals surface area contributed by atoms with E-state index >= 15 is 0 Å². The first kappa shape index (κ1) is 11.3. The summed E-state index contributed by atoms with van der Waals surface area (Å²) in [6.45, 7) is 3.71. The summed E-state index contributed by atoms with van der Waals surface area (Å²) < 4.78 is 4.87. The van der Waals surface area contributed by atoms with Gasteiger partial charge in [0.05, 0.1) is 0 Å². The number of nitrogens with zero attached hydrogens (tertiary/aromatic N) is 2. The van der Waals surface area contributed by atoms with E-state index in [1.807, 2.05) is 31.2 Å². The van der Waals surface area contributed by atoms with Crippen LogP contribution in [0.1, 0.15) is 17.3 Å². The van der Waals surface area contributed by atoms with Gasteiger partial charge in [-0.2, -0.15) is 4.98 Å². The van der Waals surface area contributed by atoms with Gasteiger partial charge in [-0.05, 0) is 26.0 Å². The number of nitrogens with one attached hydrogen (secondary N) is 1. The van der Waals surface area contributed by atoms with Gasteiger partial charge in [-0.1, -0.05) is 22.9 Å². The molecule has 0 atom stereocenters. The van der Waals surface area contributed by atoms with E-state index in [0.717, 1.165) is 11.3 Å². The molecule has 1 heterocycles. The van der Waals surface area contributed by atoms with Crippen molar-refractivity contribution >= 4 is 11.6 Å². The molecule has 1 amide bonds. The molecule has 2 aromatic rings. The Morgan fingerprint density at radius 2 is 2.00 bits per heavy atom. The second-order valence-corrected chi connectivity index (χ2v) is 3.83. The zero-order valence-corrected chi connectivity index (χ0v) is 9.73. The Labute approximate surface area is 98.8 Å². The van der Waals surface area contributed by atoms with Gasteiger partial charge in [0.25, 0.3) is 0 Å². The summed E-state index contributed by atoms with van der Waals surface area (Å²) in [5.74, 6) is 0.688. The number of rotatable bonds is 3. The molecule has 1 aromatic heterocycles. The molecule has 0 radical (unpaired) electrons. The third kappa shape index (κ3) is 3.14. The van der Waals surface area contributed by atoms with Crippen molar-refractivity contribution in [2.45, 2.75) is 20.3 Å². The van der Waals surface area contributed by atoms with Crippen LogP contribution in [0.3, 0.4) is 0 Å². The topological polar surface area (TPSA) is 68.0 Å². The average Bonchev–Trinajstić information content (AvgIpc) is 2.67. The van der Waals surface area contributed by atoms with Crippen LogP contribution in [0.5, 0.6) is 0 Å². The van der Waals surface area contributed by atoms with E-state index in [4.69, 9.17) is 4.52 Å². The van der Waals surface area contributed by atoms with Crippen molar-refractivity contribution < 1.29 is 9.32 Å². The quantitative estimate of drug-likeness (QED) is 0.875. The molecule has 0 saturated heterocycles. The summed E-state index contributed by atoms with van der Waals surface area (Å²) in [4.78, 5) is 15.6. The first-order valence-corrected chi connectivity index (χ1v) is 5.29. The van der Waals surface area contributed by atoms with Crippen LogP contribution < -0.4 is 5.32 Å². The van der Waals surface area contributed by atoms with Crippen molar-refractivity contribution in [1.82, 2.24) is 10.1 Å². The van der Waals surface area contributed by atoms with E-state index in [2.05, 4.69) is 15.5 Å². The maximum Gasteiger partial charge on any atom is 0.236 e. The zero-order valence-electron chi connectivity index (χ0n) is 9.73. The minimum atomic E-state index is -0.169. The van der Waals surface area contributed by atoms with Crippen molar-refractivity contribution in [3.8, 4) is 0 Å². The Bertz CT molecular complexity index is 517. The molecule has 2 rings (SSSR count). The fraction of sp³-hybridized carbons (Fsp3) is 0.250. The molecule has 0 aliphatic rings. The standard InChI is InChI=1S/C12H13N3O2/c1-8-3-5-10(6-4-8)14-11(16)7-12-13-9(2)15-17-12/h3-6H,7H2,1-2H3,(H,14,16). The van der Waals surface area contributed by atoms with Gasteiger partial charge < -0.3 is 9.84 Å². The molecule has 5 nitrogen and oxygen atoms in total. The van der Waals surface area contributed by atoms with Gasteiger partial charge in [-0.3, -0.25) is 4.79 Å². The summed E-state index contributed by atoms with van der Waals surface area (Å²) in [6.07, 6.45) is 0.0920. The third-order valence-corrected chi connectivity index (χ3v) is 2.22. The third-order valence-electron chi connectivity index (χ3n) is 2.22. The molecule has 88 valence electrons.